The van der Waals surface area contributed by atoms with Crippen molar-refractivity contribution in [2.75, 3.05) is 14.1 Å². The van der Waals surface area contributed by atoms with Gasteiger partial charge in [0.25, 0.3) is 0 Å². The molecule has 2 amide bonds. The minimum absolute atomic E-state index is 0.109. The van der Waals surface area contributed by atoms with E-state index in [0.29, 0.717) is 54.0 Å². The number of aliphatic hydroxyl groups is 1. The molecule has 0 heterocycles. The van der Waals surface area contributed by atoms with E-state index >= 15 is 0 Å². The number of benzene rings is 2. The Morgan fingerprint density at radius 1 is 0.755 bits per heavy atom. The maximum absolute atomic E-state index is 12.4. The predicted molar refractivity (Wildman–Crippen MR) is 222 cm³/mol. The lowest BCUT2D eigenvalue weighted by Gasteiger charge is -2.24. The largest absolute Gasteiger partial charge is 0.506 e. The third-order valence-electron chi connectivity index (χ3n) is 7.03. The molecule has 0 aromatic heterocycles. The molecular weight excluding hydrogens is 930 g/mol. The Labute approximate surface area is 343 Å². The summed E-state index contributed by atoms with van der Waals surface area (Å²) in [5, 5.41) is 17.3. The molecule has 2 aliphatic carbocycles. The molecule has 0 atom stereocenters. The lowest BCUT2D eigenvalue weighted by atomic mass is 9.89. The van der Waals surface area contributed by atoms with Crippen LogP contribution < -0.4 is 5.84 Å². The Morgan fingerprint density at radius 2 is 1.21 bits per heavy atom. The van der Waals surface area contributed by atoms with Gasteiger partial charge >= 0.3 is 12.2 Å². The van der Waals surface area contributed by atoms with Crippen LogP contribution in [0, 0.1) is 7.14 Å². The summed E-state index contributed by atoms with van der Waals surface area (Å²) in [6.45, 7) is 10.7. The minimum Gasteiger partial charge on any atom is -0.506 e. The van der Waals surface area contributed by atoms with E-state index in [1.54, 1.807) is 65.8 Å². The molecule has 4 rings (SSSR count). The number of aliphatic hydroxyl groups excluding tert-OH is 1. The molecule has 53 heavy (non-hydrogen) atoms. The van der Waals surface area contributed by atoms with Gasteiger partial charge in [0.15, 0.2) is 17.3 Å². The Kier molecular flexibility index (Phi) is 17.6. The van der Waals surface area contributed by atoms with E-state index in [2.05, 4.69) is 50.3 Å². The number of ether oxygens (including phenoxy) is 2. The zero-order valence-electron chi connectivity index (χ0n) is 31.2. The number of hydrogen-bond acceptors (Lipinski definition) is 10. The van der Waals surface area contributed by atoms with Crippen molar-refractivity contribution in [1.82, 2.24) is 10.0 Å². The van der Waals surface area contributed by atoms with Gasteiger partial charge in [0.2, 0.25) is 0 Å². The molecular formula is C38H47ClI2N4O8. The fourth-order valence-corrected chi connectivity index (χ4v) is 5.68. The van der Waals surface area contributed by atoms with E-state index < -0.39 is 23.4 Å². The number of ketones is 3. The molecule has 0 aliphatic heterocycles. The predicted octanol–water partition coefficient (Wildman–Crippen LogP) is 8.98. The van der Waals surface area contributed by atoms with Crippen LogP contribution in [0.15, 0.2) is 69.8 Å². The highest BCUT2D eigenvalue weighted by Crippen LogP contribution is 2.28. The molecule has 0 saturated heterocycles. The highest BCUT2D eigenvalue weighted by atomic mass is 127. The fraction of sp³-hybridized carbons (Fsp3) is 0.421. The lowest BCUT2D eigenvalue weighted by molar-refractivity contribution is -0.116. The molecule has 0 radical (unpaired) electrons. The summed E-state index contributed by atoms with van der Waals surface area (Å²) in [5.74, 6) is 4.43. The van der Waals surface area contributed by atoms with E-state index in [4.69, 9.17) is 26.9 Å². The van der Waals surface area contributed by atoms with Gasteiger partial charge in [-0.3, -0.25) is 14.4 Å². The normalized spacial score (nSPS) is 16.4. The Balaban J connectivity index is 0.000000308. The summed E-state index contributed by atoms with van der Waals surface area (Å²) in [5.41, 5.74) is 0.704. The van der Waals surface area contributed by atoms with E-state index in [1.807, 2.05) is 24.3 Å². The quantitative estimate of drug-likeness (QED) is 0.0444. The van der Waals surface area contributed by atoms with Gasteiger partial charge in [0.1, 0.15) is 17.0 Å². The summed E-state index contributed by atoms with van der Waals surface area (Å²) in [4.78, 5) is 59.2. The number of nitrogens with zero attached hydrogens (tertiary/aromatic N) is 3. The van der Waals surface area contributed by atoms with E-state index in [0.717, 1.165) is 23.6 Å². The van der Waals surface area contributed by atoms with Crippen molar-refractivity contribution in [3.8, 4) is 0 Å². The maximum Gasteiger partial charge on any atom is 0.430 e. The van der Waals surface area contributed by atoms with Gasteiger partial charge < -0.3 is 14.6 Å². The zero-order valence-corrected chi connectivity index (χ0v) is 36.3. The molecule has 2 aromatic rings. The molecule has 15 heteroatoms. The van der Waals surface area contributed by atoms with Crippen LogP contribution in [-0.4, -0.2) is 75.7 Å². The van der Waals surface area contributed by atoms with Crippen LogP contribution in [0.5, 0.6) is 0 Å². The van der Waals surface area contributed by atoms with Crippen LogP contribution in [0.3, 0.4) is 0 Å². The van der Waals surface area contributed by atoms with E-state index in [-0.39, 0.29) is 34.3 Å². The van der Waals surface area contributed by atoms with Gasteiger partial charge in [0, 0.05) is 50.2 Å². The SMILES string of the molecule is CN(N)C(=O)OC(C)(C)C.CN(N=C1CCCC(=O)C1=C(O)c1ccc(I)cc1)C(=O)OC(C)(C)C.O=C1CCCC(Cl)=C1C(=O)c1ccc(I)cc1. The number of allylic oxidation sites excluding steroid dienone is 3. The zero-order chi connectivity index (χ0) is 40.3. The number of carbonyl (C=O) groups is 5. The molecule has 0 unspecified atom stereocenters. The molecule has 2 aromatic carbocycles. The van der Waals surface area contributed by atoms with Crippen LogP contribution in [0.25, 0.3) is 5.76 Å². The Hall–Kier alpha value is -3.35. The fourth-order valence-electron chi connectivity index (χ4n) is 4.63. The van der Waals surface area contributed by atoms with Crippen LogP contribution in [-0.2, 0) is 19.1 Å². The second kappa shape index (κ2) is 20.4. The number of hydrazine groups is 1. The number of hydrazone groups is 1. The second-order valence-corrected chi connectivity index (χ2v) is 17.0. The maximum atomic E-state index is 12.4. The lowest BCUT2D eigenvalue weighted by Crippen LogP contribution is -2.38. The van der Waals surface area contributed by atoms with Gasteiger partial charge in [-0.2, -0.15) is 5.10 Å². The summed E-state index contributed by atoms with van der Waals surface area (Å²) in [6, 6.07) is 14.3. The molecule has 1 fully saturated rings. The van der Waals surface area contributed by atoms with Gasteiger partial charge in [-0.1, -0.05) is 23.7 Å². The van der Waals surface area contributed by atoms with Gasteiger partial charge in [-0.15, -0.1) is 0 Å². The van der Waals surface area contributed by atoms with Crippen molar-refractivity contribution in [3.05, 3.63) is 83.0 Å². The molecule has 12 nitrogen and oxygen atoms in total. The number of amides is 2. The highest BCUT2D eigenvalue weighted by molar-refractivity contribution is 14.1. The number of carbonyl (C=O) groups excluding carboxylic acids is 5. The molecule has 288 valence electrons. The smallest absolute Gasteiger partial charge is 0.430 e. The summed E-state index contributed by atoms with van der Waals surface area (Å²) in [7, 11) is 2.91. The highest BCUT2D eigenvalue weighted by Gasteiger charge is 2.29. The third kappa shape index (κ3) is 15.5. The summed E-state index contributed by atoms with van der Waals surface area (Å²) >= 11 is 10.3. The van der Waals surface area contributed by atoms with Crippen LogP contribution in [0.2, 0.25) is 0 Å². The monoisotopic (exact) mass is 976 g/mol. The Bertz CT molecular complexity index is 1760. The standard InChI is InChI=1S/C19H23IN2O4.C13H10ClIO2.C6H14N2O2/c1-19(2,3)26-18(25)22(4)21-14-6-5-7-15(23)16(14)17(24)12-8-10-13(20)11-9-12;14-10-2-1-3-11(16)12(10)13(17)8-4-6-9(15)7-5-8;1-6(2,3)10-5(9)8(4)7/h8-11,24H,5-7H2,1-4H3;4-7H,1-3H2;7H2,1-4H3. The number of nitrogens with two attached hydrogens (primary N) is 1. The summed E-state index contributed by atoms with van der Waals surface area (Å²) in [6.07, 6.45) is 2.12. The first kappa shape index (κ1) is 45.8. The number of hydrogen-bond donors (Lipinski definition) is 2. The van der Waals surface area contributed by atoms with Crippen LogP contribution >= 0.6 is 56.8 Å². The van der Waals surface area contributed by atoms with E-state index in [1.165, 1.54) is 14.1 Å². The number of Topliss-reactive ketones (excluding diaryl/α,β-unsaturated/α-hetero) is 3. The molecule has 2 aliphatic rings. The van der Waals surface area contributed by atoms with Crippen LogP contribution in [0.4, 0.5) is 9.59 Å². The van der Waals surface area contributed by atoms with Crippen molar-refractivity contribution in [1.29, 1.82) is 0 Å². The van der Waals surface area contributed by atoms with Gasteiger partial charge in [-0.05, 0) is 149 Å². The molecule has 3 N–H and O–H groups in total. The Morgan fingerprint density at radius 3 is 1.66 bits per heavy atom. The van der Waals surface area contributed by atoms with Crippen molar-refractivity contribution in [3.63, 3.8) is 0 Å². The number of halogens is 3. The van der Waals surface area contributed by atoms with Crippen molar-refractivity contribution >= 4 is 97.8 Å². The van der Waals surface area contributed by atoms with Gasteiger partial charge in [-0.25, -0.2) is 25.4 Å². The molecule has 0 bridgehead atoms. The van der Waals surface area contributed by atoms with Crippen molar-refractivity contribution in [2.45, 2.75) is 91.3 Å². The van der Waals surface area contributed by atoms with Gasteiger partial charge in [0.05, 0.1) is 16.9 Å². The number of rotatable bonds is 4. The second-order valence-electron chi connectivity index (χ2n) is 14.0. The van der Waals surface area contributed by atoms with E-state index in [9.17, 15) is 29.1 Å². The van der Waals surface area contributed by atoms with Crippen LogP contribution in [0.1, 0.15) is 96.0 Å². The summed E-state index contributed by atoms with van der Waals surface area (Å²) < 4.78 is 12.2. The molecule has 0 spiro atoms. The average molecular weight is 977 g/mol. The third-order valence-corrected chi connectivity index (χ3v) is 8.85. The molecule has 1 saturated carbocycles. The minimum atomic E-state index is -0.643. The first-order valence-corrected chi connectivity index (χ1v) is 19.2. The first-order chi connectivity index (χ1) is 24.5. The van der Waals surface area contributed by atoms with Crippen molar-refractivity contribution in [2.24, 2.45) is 10.9 Å². The first-order valence-electron chi connectivity index (χ1n) is 16.7. The average Bonchev–Trinajstić information content (AvgIpc) is 3.04. The topological polar surface area (TPSA) is 169 Å². The van der Waals surface area contributed by atoms with Crippen molar-refractivity contribution < 1.29 is 38.6 Å².